The van der Waals surface area contributed by atoms with Crippen molar-refractivity contribution in [3.63, 3.8) is 0 Å². The van der Waals surface area contributed by atoms with Crippen molar-refractivity contribution in [3.8, 4) is 5.75 Å². The molecule has 1 aromatic heterocycles. The fraction of sp³-hybridized carbons (Fsp3) is 0.485. The lowest BCUT2D eigenvalue weighted by Crippen LogP contribution is -2.62. The van der Waals surface area contributed by atoms with Crippen LogP contribution in [-0.4, -0.2) is 81.2 Å². The summed E-state index contributed by atoms with van der Waals surface area (Å²) in [6, 6.07) is 16.7. The zero-order valence-corrected chi connectivity index (χ0v) is 25.3. The van der Waals surface area contributed by atoms with Gasteiger partial charge in [0.05, 0.1) is 17.0 Å². The number of benzene rings is 2. The molecule has 2 saturated heterocycles. The second-order valence-electron chi connectivity index (χ2n) is 12.1. The molecule has 2 fully saturated rings. The van der Waals surface area contributed by atoms with Gasteiger partial charge in [-0.2, -0.15) is 0 Å². The van der Waals surface area contributed by atoms with Crippen molar-refractivity contribution < 1.29 is 22.7 Å². The third kappa shape index (κ3) is 7.18. The molecular formula is C33H40F3N5O2. The highest BCUT2D eigenvalue weighted by Gasteiger charge is 2.41. The van der Waals surface area contributed by atoms with Gasteiger partial charge < -0.3 is 9.64 Å². The van der Waals surface area contributed by atoms with E-state index in [-0.39, 0.29) is 29.3 Å². The molecule has 5 rings (SSSR count). The number of halogens is 3. The Bertz CT molecular complexity index is 1370. The normalized spacial score (nSPS) is 20.5. The van der Waals surface area contributed by atoms with Gasteiger partial charge in [0, 0.05) is 50.3 Å². The third-order valence-electron chi connectivity index (χ3n) is 9.18. The van der Waals surface area contributed by atoms with Gasteiger partial charge in [-0.05, 0) is 70.2 Å². The lowest BCUT2D eigenvalue weighted by atomic mass is 9.85. The number of amides is 1. The van der Waals surface area contributed by atoms with Crippen molar-refractivity contribution in [1.82, 2.24) is 24.7 Å². The van der Waals surface area contributed by atoms with Crippen molar-refractivity contribution in [3.05, 3.63) is 89.0 Å². The van der Waals surface area contributed by atoms with Crippen LogP contribution in [-0.2, 0) is 6.42 Å². The molecule has 0 bridgehead atoms. The Morgan fingerprint density at radius 2 is 1.60 bits per heavy atom. The van der Waals surface area contributed by atoms with E-state index in [9.17, 15) is 18.0 Å². The number of likely N-dealkylation sites (tertiary alicyclic amines) is 1. The summed E-state index contributed by atoms with van der Waals surface area (Å²) in [6.07, 6.45) is -0.710. The molecule has 2 aromatic carbocycles. The van der Waals surface area contributed by atoms with E-state index in [4.69, 9.17) is 0 Å². The predicted octanol–water partition coefficient (Wildman–Crippen LogP) is 5.98. The van der Waals surface area contributed by atoms with Gasteiger partial charge in [0.15, 0.2) is 0 Å². The van der Waals surface area contributed by atoms with Crippen LogP contribution in [0.15, 0.2) is 60.9 Å². The summed E-state index contributed by atoms with van der Waals surface area (Å²) < 4.78 is 42.4. The zero-order valence-electron chi connectivity index (χ0n) is 25.3. The van der Waals surface area contributed by atoms with Crippen LogP contribution in [0, 0.1) is 13.8 Å². The number of piperidine rings is 1. The van der Waals surface area contributed by atoms with Crippen molar-refractivity contribution in [1.29, 1.82) is 0 Å². The Morgan fingerprint density at radius 3 is 2.19 bits per heavy atom. The Kier molecular flexibility index (Phi) is 9.08. The maximum Gasteiger partial charge on any atom is 0.573 e. The lowest BCUT2D eigenvalue weighted by molar-refractivity contribution is -0.274. The van der Waals surface area contributed by atoms with Gasteiger partial charge in [-0.15, -0.1) is 13.2 Å². The smallest absolute Gasteiger partial charge is 0.406 e. The van der Waals surface area contributed by atoms with Crippen LogP contribution in [0.4, 0.5) is 13.2 Å². The molecule has 43 heavy (non-hydrogen) atoms. The van der Waals surface area contributed by atoms with Crippen molar-refractivity contribution in [2.45, 2.75) is 70.9 Å². The number of rotatable bonds is 7. The van der Waals surface area contributed by atoms with Crippen LogP contribution < -0.4 is 4.74 Å². The molecule has 0 N–H and O–H groups in total. The van der Waals surface area contributed by atoms with Crippen molar-refractivity contribution >= 4 is 5.91 Å². The minimum Gasteiger partial charge on any atom is -0.406 e. The summed E-state index contributed by atoms with van der Waals surface area (Å²) in [5.74, 6) is -0.207. The van der Waals surface area contributed by atoms with Gasteiger partial charge in [-0.3, -0.25) is 14.6 Å². The minimum atomic E-state index is -4.72. The first kappa shape index (κ1) is 30.9. The minimum absolute atomic E-state index is 0.00578. The van der Waals surface area contributed by atoms with E-state index in [2.05, 4.69) is 50.5 Å². The molecule has 0 saturated carbocycles. The molecule has 2 aliphatic rings. The van der Waals surface area contributed by atoms with Crippen LogP contribution in [0.3, 0.4) is 0 Å². The van der Waals surface area contributed by atoms with Crippen molar-refractivity contribution in [2.24, 2.45) is 0 Å². The van der Waals surface area contributed by atoms with E-state index in [1.54, 1.807) is 12.1 Å². The Balaban J connectivity index is 1.27. The molecule has 3 aromatic rings. The average molecular weight is 596 g/mol. The molecule has 7 nitrogen and oxygen atoms in total. The van der Waals surface area contributed by atoms with E-state index >= 15 is 0 Å². The standard InChI is InChI=1S/C33H40F3N5O2/c1-23-21-40(32(4)14-16-39(17-15-32)31(42)30-24(2)37-22-38-25(30)3)18-19-41(23)29(20-26-8-6-5-7-9-26)27-10-12-28(13-11-27)43-33(34,35)36/h5-13,22-23,29H,14-21H2,1-4H3/t23-,29-/m0/s1. The number of carbonyl (C=O) groups excluding carboxylic acids is 1. The summed E-state index contributed by atoms with van der Waals surface area (Å²) in [4.78, 5) is 28.8. The van der Waals surface area contributed by atoms with Crippen LogP contribution in [0.2, 0.25) is 0 Å². The van der Waals surface area contributed by atoms with Gasteiger partial charge >= 0.3 is 6.36 Å². The van der Waals surface area contributed by atoms with E-state index in [1.807, 2.05) is 36.9 Å². The highest BCUT2D eigenvalue weighted by molar-refractivity contribution is 5.96. The number of aryl methyl sites for hydroxylation is 2. The Hall–Kier alpha value is -3.50. The molecule has 3 heterocycles. The fourth-order valence-electron chi connectivity index (χ4n) is 6.65. The number of aromatic nitrogens is 2. The summed E-state index contributed by atoms with van der Waals surface area (Å²) in [5, 5.41) is 0. The molecule has 0 spiro atoms. The molecule has 230 valence electrons. The van der Waals surface area contributed by atoms with Gasteiger partial charge in [0.25, 0.3) is 5.91 Å². The van der Waals surface area contributed by atoms with E-state index in [1.165, 1.54) is 24.0 Å². The topological polar surface area (TPSA) is 61.8 Å². The molecule has 0 radical (unpaired) electrons. The Morgan fingerprint density at radius 1 is 0.977 bits per heavy atom. The van der Waals surface area contributed by atoms with Crippen LogP contribution in [0.25, 0.3) is 0 Å². The Labute approximate surface area is 251 Å². The SMILES string of the molecule is Cc1ncnc(C)c1C(=O)N1CCC(C)(N2CCN([C@@H](Cc3ccccc3)c3ccc(OC(F)(F)F)cc3)[C@@H](C)C2)CC1. The van der Waals surface area contributed by atoms with Gasteiger partial charge in [-0.1, -0.05) is 42.5 Å². The first-order valence-electron chi connectivity index (χ1n) is 14.9. The first-order valence-corrected chi connectivity index (χ1v) is 14.9. The molecule has 0 aliphatic carbocycles. The van der Waals surface area contributed by atoms with Crippen LogP contribution >= 0.6 is 0 Å². The first-order chi connectivity index (χ1) is 20.4. The van der Waals surface area contributed by atoms with E-state index in [0.717, 1.165) is 44.5 Å². The number of hydrogen-bond donors (Lipinski definition) is 0. The lowest BCUT2D eigenvalue weighted by Gasteiger charge is -2.53. The molecule has 2 aliphatic heterocycles. The molecule has 2 atom stereocenters. The second-order valence-corrected chi connectivity index (χ2v) is 12.1. The predicted molar refractivity (Wildman–Crippen MR) is 159 cm³/mol. The zero-order chi connectivity index (χ0) is 30.8. The van der Waals surface area contributed by atoms with Crippen LogP contribution in [0.1, 0.15) is 65.6 Å². The number of alkyl halides is 3. The van der Waals surface area contributed by atoms with Crippen molar-refractivity contribution in [2.75, 3.05) is 32.7 Å². The second kappa shape index (κ2) is 12.6. The van der Waals surface area contributed by atoms with Gasteiger partial charge in [0.2, 0.25) is 0 Å². The maximum atomic E-state index is 13.3. The monoisotopic (exact) mass is 595 g/mol. The summed E-state index contributed by atoms with van der Waals surface area (Å²) in [5.41, 5.74) is 4.14. The van der Waals surface area contributed by atoms with Crippen LogP contribution in [0.5, 0.6) is 5.75 Å². The van der Waals surface area contributed by atoms with Gasteiger partial charge in [0.1, 0.15) is 12.1 Å². The highest BCUT2D eigenvalue weighted by atomic mass is 19.4. The highest BCUT2D eigenvalue weighted by Crippen LogP contribution is 2.36. The fourth-order valence-corrected chi connectivity index (χ4v) is 6.65. The molecule has 0 unspecified atom stereocenters. The number of hydrogen-bond acceptors (Lipinski definition) is 6. The number of carbonyl (C=O) groups is 1. The quantitative estimate of drug-likeness (QED) is 0.335. The summed E-state index contributed by atoms with van der Waals surface area (Å²) >= 11 is 0. The molecule has 10 heteroatoms. The molecular weight excluding hydrogens is 555 g/mol. The molecule has 1 amide bonds. The summed E-state index contributed by atoms with van der Waals surface area (Å²) in [7, 11) is 0. The maximum absolute atomic E-state index is 13.3. The average Bonchev–Trinajstić information content (AvgIpc) is 2.96. The third-order valence-corrected chi connectivity index (χ3v) is 9.18. The largest absolute Gasteiger partial charge is 0.573 e. The number of nitrogens with zero attached hydrogens (tertiary/aromatic N) is 5. The van der Waals surface area contributed by atoms with Gasteiger partial charge in [-0.25, -0.2) is 9.97 Å². The number of piperazine rings is 1. The van der Waals surface area contributed by atoms with E-state index in [0.29, 0.717) is 30.0 Å². The summed E-state index contributed by atoms with van der Waals surface area (Å²) in [6.45, 7) is 12.2. The van der Waals surface area contributed by atoms with E-state index < -0.39 is 6.36 Å². The number of ether oxygens (including phenoxy) is 1.